The molecule has 0 radical (unpaired) electrons. The molecular formula is C12H9BrClNS. The van der Waals surface area contributed by atoms with Crippen molar-refractivity contribution in [1.29, 1.82) is 0 Å². The standard InChI is InChI=1S/C12H9BrClNS/c13-11-2-1-3-12(15-11)16-8-9-4-6-10(14)7-5-9/h1-7H,8H2. The number of pyridine rings is 1. The molecule has 0 aliphatic heterocycles. The first-order valence-electron chi connectivity index (χ1n) is 4.74. The van der Waals surface area contributed by atoms with Crippen LogP contribution in [0.5, 0.6) is 0 Å². The molecule has 1 aromatic heterocycles. The number of thioether (sulfide) groups is 1. The molecule has 1 aromatic carbocycles. The quantitative estimate of drug-likeness (QED) is 0.597. The van der Waals surface area contributed by atoms with Crippen molar-refractivity contribution >= 4 is 39.3 Å². The number of hydrogen-bond acceptors (Lipinski definition) is 2. The van der Waals surface area contributed by atoms with Gasteiger partial charge in [0.05, 0.1) is 5.03 Å². The van der Waals surface area contributed by atoms with E-state index in [1.807, 2.05) is 42.5 Å². The zero-order valence-corrected chi connectivity index (χ0v) is 11.5. The molecule has 82 valence electrons. The van der Waals surface area contributed by atoms with E-state index >= 15 is 0 Å². The third-order valence-corrected chi connectivity index (χ3v) is 3.68. The van der Waals surface area contributed by atoms with E-state index in [1.165, 1.54) is 5.56 Å². The van der Waals surface area contributed by atoms with Gasteiger partial charge in [-0.25, -0.2) is 4.98 Å². The highest BCUT2D eigenvalue weighted by Gasteiger charge is 1.98. The molecule has 0 aliphatic rings. The minimum absolute atomic E-state index is 0.773. The topological polar surface area (TPSA) is 12.9 Å². The normalized spacial score (nSPS) is 10.4. The Labute approximate surface area is 112 Å². The van der Waals surface area contributed by atoms with Crippen molar-refractivity contribution in [3.63, 3.8) is 0 Å². The van der Waals surface area contributed by atoms with E-state index in [0.29, 0.717) is 0 Å². The van der Waals surface area contributed by atoms with Gasteiger partial charge in [0, 0.05) is 10.8 Å². The summed E-state index contributed by atoms with van der Waals surface area (Å²) in [7, 11) is 0. The number of benzene rings is 1. The van der Waals surface area contributed by atoms with E-state index in [0.717, 1.165) is 20.4 Å². The Kier molecular flexibility index (Phi) is 4.27. The lowest BCUT2D eigenvalue weighted by atomic mass is 10.2. The highest BCUT2D eigenvalue weighted by atomic mass is 79.9. The van der Waals surface area contributed by atoms with Crippen LogP contribution < -0.4 is 0 Å². The van der Waals surface area contributed by atoms with Gasteiger partial charge >= 0.3 is 0 Å². The third-order valence-electron chi connectivity index (χ3n) is 1.99. The molecule has 0 N–H and O–H groups in total. The Morgan fingerprint density at radius 1 is 1.12 bits per heavy atom. The fourth-order valence-corrected chi connectivity index (χ4v) is 2.64. The molecule has 0 saturated heterocycles. The van der Waals surface area contributed by atoms with E-state index in [1.54, 1.807) is 11.8 Å². The van der Waals surface area contributed by atoms with Crippen molar-refractivity contribution in [2.45, 2.75) is 10.8 Å². The van der Waals surface area contributed by atoms with Crippen molar-refractivity contribution in [2.75, 3.05) is 0 Å². The summed E-state index contributed by atoms with van der Waals surface area (Å²) in [6.07, 6.45) is 0. The number of halogens is 2. The Morgan fingerprint density at radius 3 is 2.56 bits per heavy atom. The summed E-state index contributed by atoms with van der Waals surface area (Å²) in [5, 5.41) is 1.79. The molecule has 16 heavy (non-hydrogen) atoms. The van der Waals surface area contributed by atoms with Gasteiger partial charge < -0.3 is 0 Å². The highest BCUT2D eigenvalue weighted by Crippen LogP contribution is 2.22. The van der Waals surface area contributed by atoms with Gasteiger partial charge in [-0.15, -0.1) is 11.8 Å². The lowest BCUT2D eigenvalue weighted by molar-refractivity contribution is 1.10. The minimum atomic E-state index is 0.773. The fraction of sp³-hybridized carbons (Fsp3) is 0.0833. The predicted molar refractivity (Wildman–Crippen MR) is 73.0 cm³/mol. The van der Waals surface area contributed by atoms with Gasteiger partial charge in [0.1, 0.15) is 4.60 Å². The van der Waals surface area contributed by atoms with Crippen molar-refractivity contribution in [3.05, 3.63) is 57.7 Å². The molecule has 0 atom stereocenters. The Hall–Kier alpha value is -0.510. The van der Waals surface area contributed by atoms with E-state index < -0.39 is 0 Å². The van der Waals surface area contributed by atoms with Crippen LogP contribution in [-0.4, -0.2) is 4.98 Å². The predicted octanol–water partition coefficient (Wildman–Crippen LogP) is 4.79. The summed E-state index contributed by atoms with van der Waals surface area (Å²) in [6.45, 7) is 0. The lowest BCUT2D eigenvalue weighted by Gasteiger charge is -2.01. The molecule has 0 amide bonds. The van der Waals surface area contributed by atoms with Crippen LogP contribution in [0.15, 0.2) is 52.1 Å². The van der Waals surface area contributed by atoms with E-state index in [9.17, 15) is 0 Å². The van der Waals surface area contributed by atoms with E-state index in [2.05, 4.69) is 20.9 Å². The molecule has 1 heterocycles. The number of hydrogen-bond donors (Lipinski definition) is 0. The van der Waals surface area contributed by atoms with Crippen LogP contribution in [0, 0.1) is 0 Å². The number of aromatic nitrogens is 1. The van der Waals surface area contributed by atoms with Gasteiger partial charge in [-0.2, -0.15) is 0 Å². The van der Waals surface area contributed by atoms with Crippen LogP contribution >= 0.6 is 39.3 Å². The van der Waals surface area contributed by atoms with Gasteiger partial charge in [-0.05, 0) is 45.8 Å². The molecule has 0 fully saturated rings. The van der Waals surface area contributed by atoms with Crippen LogP contribution in [0.4, 0.5) is 0 Å². The summed E-state index contributed by atoms with van der Waals surface area (Å²) >= 11 is 10.9. The monoisotopic (exact) mass is 313 g/mol. The molecule has 0 saturated carbocycles. The first kappa shape index (κ1) is 12.0. The first-order chi connectivity index (χ1) is 7.74. The maximum Gasteiger partial charge on any atom is 0.107 e. The van der Waals surface area contributed by atoms with Crippen LogP contribution in [0.3, 0.4) is 0 Å². The van der Waals surface area contributed by atoms with Crippen molar-refractivity contribution in [1.82, 2.24) is 4.98 Å². The van der Waals surface area contributed by atoms with Gasteiger partial charge in [-0.3, -0.25) is 0 Å². The van der Waals surface area contributed by atoms with Crippen molar-refractivity contribution in [2.24, 2.45) is 0 Å². The summed E-state index contributed by atoms with van der Waals surface area (Å²) in [4.78, 5) is 4.36. The Bertz CT molecular complexity index is 473. The average molecular weight is 315 g/mol. The summed E-state index contributed by atoms with van der Waals surface area (Å²) < 4.78 is 0.869. The molecule has 0 aliphatic carbocycles. The SMILES string of the molecule is Clc1ccc(CSc2cccc(Br)n2)cc1. The summed E-state index contributed by atoms with van der Waals surface area (Å²) in [6, 6.07) is 13.8. The second-order valence-corrected chi connectivity index (χ2v) is 5.46. The van der Waals surface area contributed by atoms with E-state index in [4.69, 9.17) is 11.6 Å². The number of rotatable bonds is 3. The minimum Gasteiger partial charge on any atom is -0.235 e. The average Bonchev–Trinajstić information content (AvgIpc) is 2.28. The maximum absolute atomic E-state index is 5.82. The molecule has 0 spiro atoms. The van der Waals surface area contributed by atoms with Crippen LogP contribution in [0.1, 0.15) is 5.56 Å². The van der Waals surface area contributed by atoms with Crippen molar-refractivity contribution < 1.29 is 0 Å². The second-order valence-electron chi connectivity index (χ2n) is 3.21. The third kappa shape index (κ3) is 3.51. The summed E-state index contributed by atoms with van der Waals surface area (Å²) in [5.41, 5.74) is 1.25. The first-order valence-corrected chi connectivity index (χ1v) is 6.89. The van der Waals surface area contributed by atoms with Crippen LogP contribution in [-0.2, 0) is 5.75 Å². The lowest BCUT2D eigenvalue weighted by Crippen LogP contribution is -1.83. The van der Waals surface area contributed by atoms with Gasteiger partial charge in [0.25, 0.3) is 0 Å². The molecule has 0 bridgehead atoms. The molecule has 1 nitrogen and oxygen atoms in total. The zero-order valence-electron chi connectivity index (χ0n) is 8.36. The molecule has 2 rings (SSSR count). The molecule has 2 aromatic rings. The fourth-order valence-electron chi connectivity index (χ4n) is 1.21. The van der Waals surface area contributed by atoms with Crippen LogP contribution in [0.25, 0.3) is 0 Å². The maximum atomic E-state index is 5.82. The van der Waals surface area contributed by atoms with Crippen molar-refractivity contribution in [3.8, 4) is 0 Å². The highest BCUT2D eigenvalue weighted by molar-refractivity contribution is 9.10. The summed E-state index contributed by atoms with van der Waals surface area (Å²) in [5.74, 6) is 0.903. The Morgan fingerprint density at radius 2 is 1.88 bits per heavy atom. The zero-order chi connectivity index (χ0) is 11.4. The van der Waals surface area contributed by atoms with Crippen LogP contribution in [0.2, 0.25) is 5.02 Å². The smallest absolute Gasteiger partial charge is 0.107 e. The molecular weight excluding hydrogens is 306 g/mol. The Balaban J connectivity index is 1.99. The van der Waals surface area contributed by atoms with Gasteiger partial charge in [0.2, 0.25) is 0 Å². The van der Waals surface area contributed by atoms with Gasteiger partial charge in [0.15, 0.2) is 0 Å². The molecule has 4 heteroatoms. The molecule has 0 unspecified atom stereocenters. The van der Waals surface area contributed by atoms with E-state index in [-0.39, 0.29) is 0 Å². The number of nitrogens with zero attached hydrogens (tertiary/aromatic N) is 1. The van der Waals surface area contributed by atoms with Gasteiger partial charge in [-0.1, -0.05) is 29.8 Å². The second kappa shape index (κ2) is 5.71. The largest absolute Gasteiger partial charge is 0.235 e.